The molecule has 4 heteroatoms. The maximum atomic E-state index is 11.5. The summed E-state index contributed by atoms with van der Waals surface area (Å²) in [5.41, 5.74) is 0. The smallest absolute Gasteiger partial charge is 0.306 e. The first-order valence-corrected chi connectivity index (χ1v) is 8.45. The molecule has 124 valence electrons. The topological polar surface area (TPSA) is 52.6 Å². The summed E-state index contributed by atoms with van der Waals surface area (Å²) in [6, 6.07) is 0. The van der Waals surface area contributed by atoms with Gasteiger partial charge in [-0.1, -0.05) is 46.0 Å². The van der Waals surface area contributed by atoms with Crippen LogP contribution < -0.4 is 0 Å². The van der Waals surface area contributed by atoms with Crippen LogP contribution in [0.25, 0.3) is 0 Å². The Morgan fingerprint density at radius 2 is 1.52 bits per heavy atom. The van der Waals surface area contributed by atoms with Gasteiger partial charge in [0.25, 0.3) is 0 Å². The zero-order chi connectivity index (χ0) is 15.9. The van der Waals surface area contributed by atoms with Gasteiger partial charge in [-0.25, -0.2) is 0 Å². The fourth-order valence-corrected chi connectivity index (χ4v) is 2.09. The quantitative estimate of drug-likeness (QED) is 0.373. The summed E-state index contributed by atoms with van der Waals surface area (Å²) in [4.78, 5) is 23.0. The van der Waals surface area contributed by atoms with Crippen LogP contribution >= 0.6 is 0 Å². The molecular formula is C17H32O4. The number of hydrogen-bond acceptors (Lipinski definition) is 4. The number of esters is 2. The minimum Gasteiger partial charge on any atom is -0.466 e. The first kappa shape index (κ1) is 19.9. The van der Waals surface area contributed by atoms with Crippen LogP contribution in [0.5, 0.6) is 0 Å². The van der Waals surface area contributed by atoms with E-state index in [4.69, 9.17) is 9.47 Å². The van der Waals surface area contributed by atoms with E-state index in [-0.39, 0.29) is 18.0 Å². The van der Waals surface area contributed by atoms with E-state index in [9.17, 15) is 9.59 Å². The molecule has 0 aliphatic carbocycles. The number of carbonyl (C=O) groups excluding carboxylic acids is 2. The molecule has 0 aliphatic rings. The zero-order valence-corrected chi connectivity index (χ0v) is 14.0. The third-order valence-electron chi connectivity index (χ3n) is 3.30. The second-order valence-corrected chi connectivity index (χ2v) is 5.58. The molecule has 0 heterocycles. The fraction of sp³-hybridized carbons (Fsp3) is 0.882. The third kappa shape index (κ3) is 13.7. The van der Waals surface area contributed by atoms with E-state index >= 15 is 0 Å². The molecule has 0 radical (unpaired) electrons. The molecule has 0 saturated heterocycles. The predicted molar refractivity (Wildman–Crippen MR) is 84.0 cm³/mol. The van der Waals surface area contributed by atoms with Gasteiger partial charge in [0.2, 0.25) is 0 Å². The van der Waals surface area contributed by atoms with Gasteiger partial charge in [-0.05, 0) is 26.2 Å². The van der Waals surface area contributed by atoms with Gasteiger partial charge < -0.3 is 9.47 Å². The van der Waals surface area contributed by atoms with Crippen LogP contribution in [0.1, 0.15) is 85.0 Å². The SMILES string of the molecule is CCCCCCCOC(=O)CCCC(=O)OC(C)CCC. The first-order chi connectivity index (χ1) is 10.1. The lowest BCUT2D eigenvalue weighted by Crippen LogP contribution is -2.15. The van der Waals surface area contributed by atoms with Gasteiger partial charge in [0.1, 0.15) is 0 Å². The van der Waals surface area contributed by atoms with Crippen LogP contribution in [-0.4, -0.2) is 24.6 Å². The maximum Gasteiger partial charge on any atom is 0.306 e. The number of ether oxygens (including phenoxy) is 2. The molecule has 4 nitrogen and oxygen atoms in total. The highest BCUT2D eigenvalue weighted by molar-refractivity contribution is 5.72. The van der Waals surface area contributed by atoms with Crippen LogP contribution in [0.4, 0.5) is 0 Å². The molecule has 0 bridgehead atoms. The lowest BCUT2D eigenvalue weighted by molar-refractivity contribution is -0.149. The Labute approximate surface area is 129 Å². The molecule has 1 atom stereocenters. The van der Waals surface area contributed by atoms with Gasteiger partial charge in [0.05, 0.1) is 12.7 Å². The summed E-state index contributed by atoms with van der Waals surface area (Å²) >= 11 is 0. The van der Waals surface area contributed by atoms with Crippen molar-refractivity contribution >= 4 is 11.9 Å². The normalized spacial score (nSPS) is 12.0. The molecule has 0 N–H and O–H groups in total. The van der Waals surface area contributed by atoms with Crippen molar-refractivity contribution in [2.75, 3.05) is 6.61 Å². The Morgan fingerprint density at radius 1 is 0.857 bits per heavy atom. The summed E-state index contributed by atoms with van der Waals surface area (Å²) in [6.07, 6.45) is 8.65. The molecule has 0 saturated carbocycles. The second-order valence-electron chi connectivity index (χ2n) is 5.58. The average molecular weight is 300 g/mol. The summed E-state index contributed by atoms with van der Waals surface area (Å²) in [6.45, 7) is 6.63. The molecule has 0 fully saturated rings. The van der Waals surface area contributed by atoms with Crippen LogP contribution in [0.2, 0.25) is 0 Å². The van der Waals surface area contributed by atoms with Crippen molar-refractivity contribution in [3.05, 3.63) is 0 Å². The van der Waals surface area contributed by atoms with E-state index in [1.54, 1.807) is 0 Å². The van der Waals surface area contributed by atoms with Gasteiger partial charge >= 0.3 is 11.9 Å². The van der Waals surface area contributed by atoms with E-state index in [2.05, 4.69) is 13.8 Å². The van der Waals surface area contributed by atoms with Crippen LogP contribution in [-0.2, 0) is 19.1 Å². The van der Waals surface area contributed by atoms with Crippen LogP contribution in [0.15, 0.2) is 0 Å². The van der Waals surface area contributed by atoms with Gasteiger partial charge in [0.15, 0.2) is 0 Å². The summed E-state index contributed by atoms with van der Waals surface area (Å²) < 4.78 is 10.4. The highest BCUT2D eigenvalue weighted by Gasteiger charge is 2.10. The van der Waals surface area contributed by atoms with Crippen molar-refractivity contribution in [3.63, 3.8) is 0 Å². The van der Waals surface area contributed by atoms with Crippen molar-refractivity contribution in [1.82, 2.24) is 0 Å². The number of carbonyl (C=O) groups is 2. The monoisotopic (exact) mass is 300 g/mol. The summed E-state index contributed by atoms with van der Waals surface area (Å²) in [7, 11) is 0. The molecule has 21 heavy (non-hydrogen) atoms. The molecule has 0 rings (SSSR count). The summed E-state index contributed by atoms with van der Waals surface area (Å²) in [5.74, 6) is -0.428. The highest BCUT2D eigenvalue weighted by atomic mass is 16.5. The second kappa shape index (κ2) is 13.9. The van der Waals surface area contributed by atoms with Crippen molar-refractivity contribution in [1.29, 1.82) is 0 Å². The van der Waals surface area contributed by atoms with E-state index in [1.807, 2.05) is 6.92 Å². The minimum atomic E-state index is -0.219. The lowest BCUT2D eigenvalue weighted by Gasteiger charge is -2.11. The minimum absolute atomic E-state index is 0.0300. The lowest BCUT2D eigenvalue weighted by atomic mass is 10.2. The van der Waals surface area contributed by atoms with Gasteiger partial charge in [0, 0.05) is 12.8 Å². The number of unbranched alkanes of at least 4 members (excludes halogenated alkanes) is 4. The third-order valence-corrected chi connectivity index (χ3v) is 3.30. The predicted octanol–water partition coefficient (Wildman–Crippen LogP) is 4.40. The first-order valence-electron chi connectivity index (χ1n) is 8.45. The van der Waals surface area contributed by atoms with Crippen LogP contribution in [0.3, 0.4) is 0 Å². The Balaban J connectivity index is 3.46. The Kier molecular flexibility index (Phi) is 13.2. The summed E-state index contributed by atoms with van der Waals surface area (Å²) in [5, 5.41) is 0. The Bertz CT molecular complexity index is 276. The standard InChI is InChI=1S/C17H32O4/c1-4-6-7-8-9-14-20-16(18)12-10-13-17(19)21-15(3)11-5-2/h15H,4-14H2,1-3H3. The van der Waals surface area contributed by atoms with Crippen molar-refractivity contribution in [3.8, 4) is 0 Å². The number of rotatable bonds is 13. The Hall–Kier alpha value is -1.06. The highest BCUT2D eigenvalue weighted by Crippen LogP contribution is 2.07. The van der Waals surface area contributed by atoms with Crippen molar-refractivity contribution in [2.45, 2.75) is 91.1 Å². The van der Waals surface area contributed by atoms with E-state index < -0.39 is 0 Å². The van der Waals surface area contributed by atoms with Gasteiger partial charge in [-0.3, -0.25) is 9.59 Å². The van der Waals surface area contributed by atoms with Gasteiger partial charge in [-0.2, -0.15) is 0 Å². The van der Waals surface area contributed by atoms with E-state index in [0.717, 1.165) is 25.7 Å². The molecule has 0 aromatic heterocycles. The number of hydrogen-bond donors (Lipinski definition) is 0. The van der Waals surface area contributed by atoms with Crippen molar-refractivity contribution in [2.24, 2.45) is 0 Å². The molecule has 0 amide bonds. The van der Waals surface area contributed by atoms with Crippen LogP contribution in [0, 0.1) is 0 Å². The van der Waals surface area contributed by atoms with E-state index in [1.165, 1.54) is 19.3 Å². The maximum absolute atomic E-state index is 11.5. The van der Waals surface area contributed by atoms with Crippen molar-refractivity contribution < 1.29 is 19.1 Å². The molecule has 0 aromatic carbocycles. The average Bonchev–Trinajstić information content (AvgIpc) is 2.42. The van der Waals surface area contributed by atoms with E-state index in [0.29, 0.717) is 25.9 Å². The largest absolute Gasteiger partial charge is 0.466 e. The molecule has 0 aliphatic heterocycles. The van der Waals surface area contributed by atoms with Gasteiger partial charge in [-0.15, -0.1) is 0 Å². The molecule has 0 aromatic rings. The zero-order valence-electron chi connectivity index (χ0n) is 14.0. The fourth-order valence-electron chi connectivity index (χ4n) is 2.09. The Morgan fingerprint density at radius 3 is 2.19 bits per heavy atom. The molecule has 1 unspecified atom stereocenters. The molecular weight excluding hydrogens is 268 g/mol. The molecule has 0 spiro atoms.